The van der Waals surface area contributed by atoms with Gasteiger partial charge in [0.1, 0.15) is 5.82 Å². The number of aryl methyl sites for hydroxylation is 2. The average Bonchev–Trinajstić information content (AvgIpc) is 2.63. The maximum Gasteiger partial charge on any atom is 0.229 e. The molecule has 0 aliphatic rings. The van der Waals surface area contributed by atoms with E-state index in [9.17, 15) is 4.79 Å². The monoisotopic (exact) mass is 374 g/mol. The number of nitrogens with one attached hydrogen (secondary N) is 2. The van der Waals surface area contributed by atoms with E-state index in [1.54, 1.807) is 19.1 Å². The number of ketones is 1. The Balaban J connectivity index is 1.91. The van der Waals surface area contributed by atoms with Crippen LogP contribution in [0.25, 0.3) is 0 Å². The van der Waals surface area contributed by atoms with Gasteiger partial charge in [-0.2, -0.15) is 4.98 Å². The molecule has 1 heterocycles. The molecule has 0 bridgehead atoms. The van der Waals surface area contributed by atoms with E-state index in [1.165, 1.54) is 11.1 Å². The van der Waals surface area contributed by atoms with Crippen molar-refractivity contribution in [2.24, 2.45) is 0 Å². The van der Waals surface area contributed by atoms with Crippen molar-refractivity contribution in [3.63, 3.8) is 0 Å². The summed E-state index contributed by atoms with van der Waals surface area (Å²) in [7, 11) is 0. The van der Waals surface area contributed by atoms with Gasteiger partial charge in [-0.1, -0.05) is 44.2 Å². The molecule has 0 radical (unpaired) electrons. The zero-order chi connectivity index (χ0) is 20.3. The lowest BCUT2D eigenvalue weighted by Crippen LogP contribution is -2.05. The Labute approximate surface area is 166 Å². The first kappa shape index (κ1) is 19.5. The number of hydrogen-bond acceptors (Lipinski definition) is 5. The molecule has 0 saturated carbocycles. The molecule has 5 nitrogen and oxygen atoms in total. The van der Waals surface area contributed by atoms with Crippen LogP contribution in [-0.2, 0) is 0 Å². The summed E-state index contributed by atoms with van der Waals surface area (Å²) in [5.41, 5.74) is 5.79. The second kappa shape index (κ2) is 8.21. The number of carbonyl (C=O) groups is 1. The largest absolute Gasteiger partial charge is 0.340 e. The highest BCUT2D eigenvalue weighted by atomic mass is 16.1. The van der Waals surface area contributed by atoms with Crippen molar-refractivity contribution in [3.05, 3.63) is 70.9 Å². The van der Waals surface area contributed by atoms with Gasteiger partial charge in [-0.3, -0.25) is 4.79 Å². The molecular formula is C23H26N4O. The maximum atomic E-state index is 11.6. The van der Waals surface area contributed by atoms with Crippen LogP contribution in [0.3, 0.4) is 0 Å². The molecule has 0 saturated heterocycles. The first-order valence-corrected chi connectivity index (χ1v) is 9.43. The number of hydrogen-bond donors (Lipinski definition) is 2. The molecule has 3 aromatic rings. The molecule has 2 aromatic carbocycles. The second-order valence-electron chi connectivity index (χ2n) is 7.30. The summed E-state index contributed by atoms with van der Waals surface area (Å²) in [6.45, 7) is 9.94. The van der Waals surface area contributed by atoms with E-state index in [0.717, 1.165) is 22.9 Å². The highest BCUT2D eigenvalue weighted by Gasteiger charge is 2.11. The number of anilines is 4. The molecule has 28 heavy (non-hydrogen) atoms. The Morgan fingerprint density at radius 3 is 2.43 bits per heavy atom. The molecule has 3 rings (SSSR count). The van der Waals surface area contributed by atoms with E-state index in [4.69, 9.17) is 0 Å². The summed E-state index contributed by atoms with van der Waals surface area (Å²) in [6.07, 6.45) is 0. The number of aromatic nitrogens is 2. The highest BCUT2D eigenvalue weighted by Crippen LogP contribution is 2.30. The molecule has 144 valence electrons. The van der Waals surface area contributed by atoms with Crippen molar-refractivity contribution in [3.8, 4) is 0 Å². The number of Topliss-reactive ketones (excluding diaryl/α,β-unsaturated/α-hetero) is 1. The van der Waals surface area contributed by atoms with Gasteiger partial charge >= 0.3 is 0 Å². The predicted octanol–water partition coefficient (Wildman–Crippen LogP) is 5.91. The summed E-state index contributed by atoms with van der Waals surface area (Å²) in [5, 5.41) is 6.68. The van der Waals surface area contributed by atoms with Crippen LogP contribution in [0.2, 0.25) is 0 Å². The van der Waals surface area contributed by atoms with E-state index in [0.29, 0.717) is 17.4 Å². The van der Waals surface area contributed by atoms with Crippen molar-refractivity contribution < 1.29 is 4.79 Å². The lowest BCUT2D eigenvalue weighted by Gasteiger charge is -2.17. The number of rotatable bonds is 6. The minimum atomic E-state index is 0.0249. The van der Waals surface area contributed by atoms with Crippen molar-refractivity contribution in [1.82, 2.24) is 9.97 Å². The maximum absolute atomic E-state index is 11.6. The van der Waals surface area contributed by atoms with Crippen molar-refractivity contribution in [2.75, 3.05) is 10.6 Å². The zero-order valence-electron chi connectivity index (χ0n) is 17.0. The third kappa shape index (κ3) is 4.55. The molecule has 2 N–H and O–H groups in total. The van der Waals surface area contributed by atoms with Crippen LogP contribution >= 0.6 is 0 Å². The molecular weight excluding hydrogens is 348 g/mol. The Hall–Kier alpha value is -3.21. The van der Waals surface area contributed by atoms with Gasteiger partial charge in [-0.05, 0) is 49.9 Å². The van der Waals surface area contributed by atoms with Gasteiger partial charge in [-0.25, -0.2) is 4.98 Å². The third-order valence-corrected chi connectivity index (χ3v) is 4.56. The van der Waals surface area contributed by atoms with E-state index in [1.807, 2.05) is 25.1 Å². The Kier molecular flexibility index (Phi) is 5.73. The molecule has 0 amide bonds. The fourth-order valence-corrected chi connectivity index (χ4v) is 3.10. The third-order valence-electron chi connectivity index (χ3n) is 4.56. The molecule has 0 unspecified atom stereocenters. The van der Waals surface area contributed by atoms with Crippen LogP contribution in [0, 0.1) is 13.8 Å². The first-order valence-electron chi connectivity index (χ1n) is 9.43. The Morgan fingerprint density at radius 2 is 1.71 bits per heavy atom. The van der Waals surface area contributed by atoms with Crippen LogP contribution < -0.4 is 10.6 Å². The zero-order valence-corrected chi connectivity index (χ0v) is 17.0. The number of benzene rings is 2. The standard InChI is InChI=1S/C23H26N4O/c1-14(2)20-11-6-8-15(3)22(20)26-21-12-16(4)24-23(27-21)25-19-10-7-9-18(13-19)17(5)28/h6-14H,1-5H3,(H2,24,25,26,27). The normalized spacial score (nSPS) is 10.8. The quantitative estimate of drug-likeness (QED) is 0.525. The number of para-hydroxylation sites is 1. The van der Waals surface area contributed by atoms with E-state index in [-0.39, 0.29) is 5.78 Å². The topological polar surface area (TPSA) is 66.9 Å². The summed E-state index contributed by atoms with van der Waals surface area (Å²) < 4.78 is 0. The summed E-state index contributed by atoms with van der Waals surface area (Å²) in [5.74, 6) is 1.64. The molecule has 0 aliphatic carbocycles. The minimum Gasteiger partial charge on any atom is -0.340 e. The van der Waals surface area contributed by atoms with Crippen LogP contribution in [0.15, 0.2) is 48.5 Å². The van der Waals surface area contributed by atoms with E-state index >= 15 is 0 Å². The second-order valence-corrected chi connectivity index (χ2v) is 7.30. The molecule has 0 fully saturated rings. The molecule has 0 spiro atoms. The van der Waals surface area contributed by atoms with E-state index < -0.39 is 0 Å². The van der Waals surface area contributed by atoms with Crippen molar-refractivity contribution >= 4 is 28.9 Å². The van der Waals surface area contributed by atoms with Crippen LogP contribution in [-0.4, -0.2) is 15.8 Å². The van der Waals surface area contributed by atoms with E-state index in [2.05, 4.69) is 59.6 Å². The van der Waals surface area contributed by atoms with Gasteiger partial charge in [0.05, 0.1) is 0 Å². The highest BCUT2D eigenvalue weighted by molar-refractivity contribution is 5.95. The van der Waals surface area contributed by atoms with Crippen molar-refractivity contribution in [2.45, 2.75) is 40.5 Å². The molecule has 0 aliphatic heterocycles. The van der Waals surface area contributed by atoms with Gasteiger partial charge in [0.25, 0.3) is 0 Å². The summed E-state index contributed by atoms with van der Waals surface area (Å²) in [4.78, 5) is 20.7. The lowest BCUT2D eigenvalue weighted by atomic mass is 9.98. The van der Waals surface area contributed by atoms with Gasteiger partial charge in [0.15, 0.2) is 5.78 Å². The molecule has 5 heteroatoms. The number of carbonyl (C=O) groups excluding carboxylic acids is 1. The summed E-state index contributed by atoms with van der Waals surface area (Å²) >= 11 is 0. The predicted molar refractivity (Wildman–Crippen MR) is 115 cm³/mol. The Morgan fingerprint density at radius 1 is 0.964 bits per heavy atom. The van der Waals surface area contributed by atoms with Gasteiger partial charge in [0.2, 0.25) is 5.95 Å². The van der Waals surface area contributed by atoms with Crippen LogP contribution in [0.1, 0.15) is 53.9 Å². The SMILES string of the molecule is CC(=O)c1cccc(Nc2nc(C)cc(Nc3c(C)cccc3C(C)C)n2)c1. The van der Waals surface area contributed by atoms with Crippen LogP contribution in [0.5, 0.6) is 0 Å². The first-order chi connectivity index (χ1) is 13.3. The fourth-order valence-electron chi connectivity index (χ4n) is 3.10. The Bertz CT molecular complexity index is 1010. The molecule has 0 atom stereocenters. The smallest absolute Gasteiger partial charge is 0.229 e. The lowest BCUT2D eigenvalue weighted by molar-refractivity contribution is 0.101. The number of nitrogens with zero attached hydrogens (tertiary/aromatic N) is 2. The fraction of sp³-hybridized carbons (Fsp3) is 0.261. The minimum absolute atomic E-state index is 0.0249. The average molecular weight is 374 g/mol. The van der Waals surface area contributed by atoms with Gasteiger partial charge in [0, 0.05) is 28.7 Å². The van der Waals surface area contributed by atoms with Gasteiger partial charge < -0.3 is 10.6 Å². The van der Waals surface area contributed by atoms with Crippen molar-refractivity contribution in [1.29, 1.82) is 0 Å². The summed E-state index contributed by atoms with van der Waals surface area (Å²) in [6, 6.07) is 15.6. The van der Waals surface area contributed by atoms with Gasteiger partial charge in [-0.15, -0.1) is 0 Å². The van der Waals surface area contributed by atoms with Crippen LogP contribution in [0.4, 0.5) is 23.1 Å². The molecule has 1 aromatic heterocycles.